The Hall–Kier alpha value is -2.24. The molecule has 0 aromatic heterocycles. The van der Waals surface area contributed by atoms with Crippen LogP contribution in [0.3, 0.4) is 0 Å². The van der Waals surface area contributed by atoms with Gasteiger partial charge in [-0.1, -0.05) is 24.3 Å². The first-order chi connectivity index (χ1) is 10.6. The fraction of sp³-hybridized carbons (Fsp3) is 0.294. The van der Waals surface area contributed by atoms with Gasteiger partial charge in [0.15, 0.2) is 17.1 Å². The summed E-state index contributed by atoms with van der Waals surface area (Å²) in [5.41, 5.74) is 0.415. The number of phenolic OH excluding ortho intramolecular Hbond substituents is 1. The van der Waals surface area contributed by atoms with Gasteiger partial charge in [0.1, 0.15) is 11.9 Å². The molecule has 116 valence electrons. The second-order valence-corrected chi connectivity index (χ2v) is 5.16. The van der Waals surface area contributed by atoms with Gasteiger partial charge >= 0.3 is 0 Å². The molecule has 0 amide bonds. The monoisotopic (exact) mass is 302 g/mol. The average molecular weight is 302 g/mol. The van der Waals surface area contributed by atoms with Gasteiger partial charge in [0.2, 0.25) is 0 Å². The smallest absolute Gasteiger partial charge is 0.167 e. The van der Waals surface area contributed by atoms with Crippen molar-refractivity contribution < 1.29 is 24.4 Å². The van der Waals surface area contributed by atoms with Gasteiger partial charge in [0.05, 0.1) is 14.2 Å². The number of phenols is 1. The first-order valence-electron chi connectivity index (χ1n) is 6.88. The van der Waals surface area contributed by atoms with Crippen molar-refractivity contribution >= 4 is 0 Å². The minimum absolute atomic E-state index is 0.0240. The molecule has 0 spiro atoms. The Bertz CT molecular complexity index is 712. The summed E-state index contributed by atoms with van der Waals surface area (Å²) in [7, 11) is 4.54. The van der Waals surface area contributed by atoms with Crippen LogP contribution in [-0.4, -0.2) is 31.5 Å². The molecule has 3 rings (SSSR count). The molecule has 0 fully saturated rings. The van der Waals surface area contributed by atoms with Crippen LogP contribution in [0.1, 0.15) is 22.8 Å². The molecule has 2 aromatic rings. The van der Waals surface area contributed by atoms with Crippen LogP contribution in [0.15, 0.2) is 36.4 Å². The van der Waals surface area contributed by atoms with Crippen LogP contribution in [-0.2, 0) is 10.3 Å². The number of rotatable bonds is 4. The highest BCUT2D eigenvalue weighted by atomic mass is 16.5. The van der Waals surface area contributed by atoms with Crippen LogP contribution in [0, 0.1) is 0 Å². The van der Waals surface area contributed by atoms with E-state index < -0.39 is 11.7 Å². The van der Waals surface area contributed by atoms with Gasteiger partial charge in [0, 0.05) is 18.2 Å². The molecule has 0 bridgehead atoms. The number of methoxy groups -OCH3 is 3. The number of para-hydroxylation sites is 1. The molecule has 1 aliphatic rings. The summed E-state index contributed by atoms with van der Waals surface area (Å²) >= 11 is 0. The molecule has 0 radical (unpaired) electrons. The predicted molar refractivity (Wildman–Crippen MR) is 80.4 cm³/mol. The van der Waals surface area contributed by atoms with Gasteiger partial charge in [0.25, 0.3) is 0 Å². The van der Waals surface area contributed by atoms with Crippen molar-refractivity contribution in [1.29, 1.82) is 0 Å². The van der Waals surface area contributed by atoms with Crippen molar-refractivity contribution in [1.82, 2.24) is 0 Å². The first kappa shape index (κ1) is 14.7. The van der Waals surface area contributed by atoms with E-state index in [2.05, 4.69) is 0 Å². The fourth-order valence-corrected chi connectivity index (χ4v) is 3.22. The number of fused-ring (bicyclic) bond motifs is 1. The standard InChI is InChI=1S/C17H18O5/c1-20-13-7-5-4-6-11(13)17(19)14-10(16(17)22-3)8-9-12(18)15(14)21-2/h4-9,16,18-19H,1-3H3/t16-,17-/m0/s1. The summed E-state index contributed by atoms with van der Waals surface area (Å²) in [5, 5.41) is 21.4. The van der Waals surface area contributed by atoms with Gasteiger partial charge in [-0.2, -0.15) is 0 Å². The zero-order valence-corrected chi connectivity index (χ0v) is 12.7. The molecule has 2 N–H and O–H groups in total. The van der Waals surface area contributed by atoms with Crippen LogP contribution < -0.4 is 9.47 Å². The number of hydrogen-bond donors (Lipinski definition) is 2. The lowest BCUT2D eigenvalue weighted by molar-refractivity contribution is -0.105. The molecular formula is C17H18O5. The number of hydrogen-bond acceptors (Lipinski definition) is 5. The Labute approximate surface area is 128 Å². The van der Waals surface area contributed by atoms with Crippen LogP contribution >= 0.6 is 0 Å². The minimum atomic E-state index is -1.44. The SMILES string of the molecule is COc1ccccc1[C@]1(O)c2c(ccc(O)c2OC)[C@@H]1OC. The van der Waals surface area contributed by atoms with Gasteiger partial charge in [-0.25, -0.2) is 0 Å². The largest absolute Gasteiger partial charge is 0.504 e. The maximum atomic E-state index is 11.3. The molecule has 0 unspecified atom stereocenters. The van der Waals surface area contributed by atoms with Crippen LogP contribution in [0.2, 0.25) is 0 Å². The van der Waals surface area contributed by atoms with E-state index in [1.54, 1.807) is 25.3 Å². The third-order valence-electron chi connectivity index (χ3n) is 4.17. The molecule has 2 atom stereocenters. The number of benzene rings is 2. The normalized spacial score (nSPS) is 22.6. The van der Waals surface area contributed by atoms with E-state index in [0.717, 1.165) is 5.56 Å². The van der Waals surface area contributed by atoms with Gasteiger partial charge < -0.3 is 24.4 Å². The summed E-state index contributed by atoms with van der Waals surface area (Å²) in [5.74, 6) is 0.770. The Kier molecular flexibility index (Phi) is 3.47. The van der Waals surface area contributed by atoms with E-state index in [-0.39, 0.29) is 11.5 Å². The summed E-state index contributed by atoms with van der Waals surface area (Å²) in [6.07, 6.45) is -0.562. The third kappa shape index (κ3) is 1.73. The number of ether oxygens (including phenoxy) is 3. The highest BCUT2D eigenvalue weighted by Gasteiger charge is 2.56. The second-order valence-electron chi connectivity index (χ2n) is 5.16. The van der Waals surface area contributed by atoms with E-state index >= 15 is 0 Å². The van der Waals surface area contributed by atoms with Crippen LogP contribution in [0.5, 0.6) is 17.2 Å². The Morgan fingerprint density at radius 3 is 2.36 bits per heavy atom. The lowest BCUT2D eigenvalue weighted by Crippen LogP contribution is -2.46. The van der Waals surface area contributed by atoms with Gasteiger partial charge in [-0.15, -0.1) is 0 Å². The molecule has 0 saturated heterocycles. The van der Waals surface area contributed by atoms with Crippen molar-refractivity contribution in [2.75, 3.05) is 21.3 Å². The molecule has 22 heavy (non-hydrogen) atoms. The van der Waals surface area contributed by atoms with E-state index in [0.29, 0.717) is 16.9 Å². The summed E-state index contributed by atoms with van der Waals surface area (Å²) in [6.45, 7) is 0. The summed E-state index contributed by atoms with van der Waals surface area (Å²) in [6, 6.07) is 10.4. The van der Waals surface area contributed by atoms with Crippen molar-refractivity contribution in [2.45, 2.75) is 11.7 Å². The van der Waals surface area contributed by atoms with Gasteiger partial charge in [-0.3, -0.25) is 0 Å². The average Bonchev–Trinajstić information content (AvgIpc) is 2.55. The fourth-order valence-electron chi connectivity index (χ4n) is 3.22. The van der Waals surface area contributed by atoms with Gasteiger partial charge in [-0.05, 0) is 17.7 Å². The summed E-state index contributed by atoms with van der Waals surface area (Å²) < 4.78 is 16.1. The number of aromatic hydroxyl groups is 1. The second kappa shape index (κ2) is 5.19. The molecule has 0 heterocycles. The first-order valence-corrected chi connectivity index (χ1v) is 6.88. The van der Waals surface area contributed by atoms with E-state index in [1.807, 2.05) is 12.1 Å². The minimum Gasteiger partial charge on any atom is -0.504 e. The van der Waals surface area contributed by atoms with E-state index in [1.165, 1.54) is 20.3 Å². The highest BCUT2D eigenvalue weighted by molar-refractivity contribution is 5.65. The lowest BCUT2D eigenvalue weighted by Gasteiger charge is -2.47. The number of aliphatic hydroxyl groups is 1. The van der Waals surface area contributed by atoms with Crippen molar-refractivity contribution in [3.8, 4) is 17.2 Å². The molecule has 0 aliphatic heterocycles. The predicted octanol–water partition coefficient (Wildman–Crippen LogP) is 2.35. The zero-order chi connectivity index (χ0) is 15.9. The Balaban J connectivity index is 2.27. The quantitative estimate of drug-likeness (QED) is 0.907. The Morgan fingerprint density at radius 2 is 1.73 bits per heavy atom. The van der Waals surface area contributed by atoms with E-state index in [4.69, 9.17) is 14.2 Å². The van der Waals surface area contributed by atoms with Crippen molar-refractivity contribution in [2.24, 2.45) is 0 Å². The van der Waals surface area contributed by atoms with Crippen LogP contribution in [0.25, 0.3) is 0 Å². The third-order valence-corrected chi connectivity index (χ3v) is 4.17. The van der Waals surface area contributed by atoms with Crippen LogP contribution in [0.4, 0.5) is 0 Å². The molecule has 0 saturated carbocycles. The topological polar surface area (TPSA) is 68.2 Å². The van der Waals surface area contributed by atoms with E-state index in [9.17, 15) is 10.2 Å². The van der Waals surface area contributed by atoms with Crippen molar-refractivity contribution in [3.05, 3.63) is 53.1 Å². The molecular weight excluding hydrogens is 284 g/mol. The highest BCUT2D eigenvalue weighted by Crippen LogP contribution is 2.60. The lowest BCUT2D eigenvalue weighted by atomic mass is 9.66. The molecule has 5 heteroatoms. The maximum Gasteiger partial charge on any atom is 0.167 e. The van der Waals surface area contributed by atoms with Crippen molar-refractivity contribution in [3.63, 3.8) is 0 Å². The Morgan fingerprint density at radius 1 is 1.00 bits per heavy atom. The zero-order valence-electron chi connectivity index (χ0n) is 12.7. The summed E-state index contributed by atoms with van der Waals surface area (Å²) in [4.78, 5) is 0. The molecule has 5 nitrogen and oxygen atoms in total. The molecule has 1 aliphatic carbocycles. The molecule has 2 aromatic carbocycles. The maximum absolute atomic E-state index is 11.3.